The molecule has 2 amide bonds. The first-order valence-corrected chi connectivity index (χ1v) is 13.1. The fourth-order valence-electron chi connectivity index (χ4n) is 6.11. The summed E-state index contributed by atoms with van der Waals surface area (Å²) in [7, 11) is 0. The molecule has 4 atom stereocenters. The molecule has 4 unspecified atom stereocenters. The lowest BCUT2D eigenvalue weighted by molar-refractivity contribution is -0.121. The van der Waals surface area contributed by atoms with Gasteiger partial charge in [0.25, 0.3) is 5.91 Å². The van der Waals surface area contributed by atoms with Gasteiger partial charge in [-0.15, -0.1) is 0 Å². The molecule has 2 aromatic rings. The summed E-state index contributed by atoms with van der Waals surface area (Å²) in [6, 6.07) is 6.28. The second-order valence-electron chi connectivity index (χ2n) is 10.5. The van der Waals surface area contributed by atoms with Gasteiger partial charge in [-0.3, -0.25) is 19.9 Å². The molecular weight excluding hydrogens is 494 g/mol. The SMILES string of the molecule is NC1NN2CC(F)CNC2C1C(=O)Nc1cnccc1-c1ccc(C(=O)N2CCN3CCC2CC3)cc1F. The van der Waals surface area contributed by atoms with Gasteiger partial charge in [-0.1, -0.05) is 6.07 Å². The number of alkyl halides is 1. The van der Waals surface area contributed by atoms with Crippen LogP contribution in [0.2, 0.25) is 0 Å². The van der Waals surface area contributed by atoms with Crippen molar-refractivity contribution in [3.05, 3.63) is 48.0 Å². The number of rotatable bonds is 4. The minimum absolute atomic E-state index is 0.125. The number of hydrogen-bond acceptors (Lipinski definition) is 8. The van der Waals surface area contributed by atoms with Crippen molar-refractivity contribution in [3.8, 4) is 11.1 Å². The Hall–Kier alpha value is -3.03. The lowest BCUT2D eigenvalue weighted by Gasteiger charge is -2.33. The predicted octanol–water partition coefficient (Wildman–Crippen LogP) is 0.735. The summed E-state index contributed by atoms with van der Waals surface area (Å²) >= 11 is 0. The van der Waals surface area contributed by atoms with Gasteiger partial charge in [0.15, 0.2) is 0 Å². The van der Waals surface area contributed by atoms with Crippen LogP contribution in [0.5, 0.6) is 0 Å². The minimum atomic E-state index is -1.07. The standard InChI is InChI=1S/C26H32F2N8O2/c27-16-12-31-24-22(23(29)33-36(24)14-16)25(37)32-21-13-30-6-3-19(21)18-2-1-15(11-20(18)28)26(38)35-10-9-34-7-4-17(35)5-8-34/h1-3,6,11,13,16-17,22-24,31,33H,4-5,7-10,12,14,29H2,(H,32,37). The number of hydrazine groups is 1. The van der Waals surface area contributed by atoms with E-state index in [0.717, 1.165) is 32.5 Å². The van der Waals surface area contributed by atoms with Crippen molar-refractivity contribution < 1.29 is 18.4 Å². The van der Waals surface area contributed by atoms with E-state index in [-0.39, 0.29) is 30.6 Å². The number of anilines is 1. The second kappa shape index (κ2) is 10.3. The number of nitrogens with two attached hydrogens (primary N) is 1. The highest BCUT2D eigenvalue weighted by atomic mass is 19.1. The maximum Gasteiger partial charge on any atom is 0.254 e. The summed E-state index contributed by atoms with van der Waals surface area (Å²) in [6.45, 7) is 3.72. The van der Waals surface area contributed by atoms with Crippen LogP contribution in [0.15, 0.2) is 36.7 Å². The van der Waals surface area contributed by atoms with E-state index in [9.17, 15) is 14.0 Å². The van der Waals surface area contributed by atoms with Crippen LogP contribution in [0.4, 0.5) is 14.5 Å². The Labute approximate surface area is 219 Å². The van der Waals surface area contributed by atoms with Crippen LogP contribution in [-0.4, -0.2) is 95.4 Å². The zero-order valence-electron chi connectivity index (χ0n) is 20.9. The monoisotopic (exact) mass is 526 g/mol. The number of aromatic nitrogens is 1. The molecule has 38 heavy (non-hydrogen) atoms. The van der Waals surface area contributed by atoms with Crippen molar-refractivity contribution in [2.24, 2.45) is 11.7 Å². The molecule has 0 aliphatic carbocycles. The molecule has 2 bridgehead atoms. The number of carbonyl (C=O) groups excluding carboxylic acids is 2. The van der Waals surface area contributed by atoms with Crippen LogP contribution in [-0.2, 0) is 4.79 Å². The Morgan fingerprint density at radius 3 is 2.71 bits per heavy atom. The molecule has 1 aromatic heterocycles. The molecule has 5 N–H and O–H groups in total. The summed E-state index contributed by atoms with van der Waals surface area (Å²) in [4.78, 5) is 34.9. The zero-order valence-corrected chi connectivity index (χ0v) is 20.9. The molecule has 10 nitrogen and oxygen atoms in total. The van der Waals surface area contributed by atoms with Crippen molar-refractivity contribution in [1.82, 2.24) is 30.5 Å². The number of hydrogen-bond donors (Lipinski definition) is 4. The summed E-state index contributed by atoms with van der Waals surface area (Å²) in [5.74, 6) is -1.82. The maximum absolute atomic E-state index is 15.5. The molecule has 7 rings (SSSR count). The second-order valence-corrected chi connectivity index (χ2v) is 10.5. The average molecular weight is 527 g/mol. The number of amides is 2. The van der Waals surface area contributed by atoms with E-state index in [0.29, 0.717) is 23.4 Å². The minimum Gasteiger partial charge on any atom is -0.334 e. The largest absolute Gasteiger partial charge is 0.334 e. The number of nitrogens with one attached hydrogen (secondary N) is 3. The number of pyridine rings is 1. The van der Waals surface area contributed by atoms with Crippen LogP contribution in [0.25, 0.3) is 11.1 Å². The number of halogens is 2. The third kappa shape index (κ3) is 4.67. The molecule has 0 radical (unpaired) electrons. The molecule has 0 spiro atoms. The van der Waals surface area contributed by atoms with Gasteiger partial charge in [-0.2, -0.15) is 0 Å². The molecular formula is C26H32F2N8O2. The van der Waals surface area contributed by atoms with E-state index in [2.05, 4.69) is 25.9 Å². The van der Waals surface area contributed by atoms with Crippen LogP contribution in [0.1, 0.15) is 23.2 Å². The number of carbonyl (C=O) groups is 2. The summed E-state index contributed by atoms with van der Waals surface area (Å²) in [6.07, 6.45) is 2.59. The highest BCUT2D eigenvalue weighted by Gasteiger charge is 2.47. The smallest absolute Gasteiger partial charge is 0.254 e. The molecule has 5 aliphatic heterocycles. The Balaban J connectivity index is 1.21. The van der Waals surface area contributed by atoms with Gasteiger partial charge in [0.1, 0.15) is 12.0 Å². The first-order valence-electron chi connectivity index (χ1n) is 13.1. The fraction of sp³-hybridized carbons (Fsp3) is 0.500. The van der Waals surface area contributed by atoms with Gasteiger partial charge in [0, 0.05) is 68.2 Å². The summed E-state index contributed by atoms with van der Waals surface area (Å²) in [5, 5.41) is 7.47. The van der Waals surface area contributed by atoms with Crippen LogP contribution < -0.4 is 21.8 Å². The topological polar surface area (TPSA) is 119 Å². The molecule has 202 valence electrons. The first-order chi connectivity index (χ1) is 18.4. The maximum atomic E-state index is 15.5. The van der Waals surface area contributed by atoms with Crippen molar-refractivity contribution in [2.75, 3.05) is 44.6 Å². The van der Waals surface area contributed by atoms with Gasteiger partial charge >= 0.3 is 0 Å². The van der Waals surface area contributed by atoms with Crippen molar-refractivity contribution in [1.29, 1.82) is 0 Å². The lowest BCUT2D eigenvalue weighted by atomic mass is 9.99. The van der Waals surface area contributed by atoms with Gasteiger partial charge in [-0.05, 0) is 31.0 Å². The van der Waals surface area contributed by atoms with Crippen LogP contribution >= 0.6 is 0 Å². The van der Waals surface area contributed by atoms with E-state index < -0.39 is 36.1 Å². The van der Waals surface area contributed by atoms with Gasteiger partial charge in [-0.25, -0.2) is 19.2 Å². The van der Waals surface area contributed by atoms with Crippen LogP contribution in [0.3, 0.4) is 0 Å². The van der Waals surface area contributed by atoms with E-state index >= 15 is 4.39 Å². The highest BCUT2D eigenvalue weighted by Crippen LogP contribution is 2.32. The van der Waals surface area contributed by atoms with Gasteiger partial charge in [0.05, 0.1) is 30.1 Å². The number of benzene rings is 1. The molecule has 5 saturated heterocycles. The molecule has 6 heterocycles. The third-order valence-corrected chi connectivity index (χ3v) is 8.12. The molecule has 5 fully saturated rings. The number of fused-ring (bicyclic) bond motifs is 5. The summed E-state index contributed by atoms with van der Waals surface area (Å²) in [5.41, 5.74) is 10.4. The molecule has 12 heteroatoms. The van der Waals surface area contributed by atoms with E-state index in [1.165, 1.54) is 18.5 Å². The number of piperidine rings is 1. The number of nitrogens with zero attached hydrogens (tertiary/aromatic N) is 4. The molecule has 0 saturated carbocycles. The Morgan fingerprint density at radius 1 is 1.11 bits per heavy atom. The Bertz CT molecular complexity index is 1220. The van der Waals surface area contributed by atoms with Crippen molar-refractivity contribution >= 4 is 17.5 Å². The van der Waals surface area contributed by atoms with Crippen molar-refractivity contribution in [2.45, 2.75) is 37.4 Å². The van der Waals surface area contributed by atoms with E-state index in [4.69, 9.17) is 5.73 Å². The summed E-state index contributed by atoms with van der Waals surface area (Å²) < 4.78 is 29.3. The Morgan fingerprint density at radius 2 is 1.92 bits per heavy atom. The quantitative estimate of drug-likeness (QED) is 0.461. The molecule has 5 aliphatic rings. The third-order valence-electron chi connectivity index (χ3n) is 8.12. The molecule has 1 aromatic carbocycles. The van der Waals surface area contributed by atoms with Crippen LogP contribution in [0, 0.1) is 11.7 Å². The average Bonchev–Trinajstić information content (AvgIpc) is 3.03. The van der Waals surface area contributed by atoms with E-state index in [1.807, 2.05) is 4.90 Å². The zero-order chi connectivity index (χ0) is 26.4. The van der Waals surface area contributed by atoms with E-state index in [1.54, 1.807) is 23.2 Å². The highest BCUT2D eigenvalue weighted by molar-refractivity contribution is 5.98. The predicted molar refractivity (Wildman–Crippen MR) is 137 cm³/mol. The van der Waals surface area contributed by atoms with Gasteiger partial charge < -0.3 is 20.9 Å². The van der Waals surface area contributed by atoms with Gasteiger partial charge in [0.2, 0.25) is 5.91 Å². The first kappa shape index (κ1) is 25.3. The Kier molecular flexibility index (Phi) is 6.82. The normalized spacial score (nSPS) is 31.1. The van der Waals surface area contributed by atoms with Crippen molar-refractivity contribution in [3.63, 3.8) is 0 Å². The fourth-order valence-corrected chi connectivity index (χ4v) is 6.11. The lowest BCUT2D eigenvalue weighted by Crippen LogP contribution is -2.58.